The van der Waals surface area contributed by atoms with Crippen LogP contribution in [0.2, 0.25) is 0 Å². The van der Waals surface area contributed by atoms with Gasteiger partial charge in [-0.1, -0.05) is 29.8 Å². The number of carbonyl (C=O) groups excluding carboxylic acids is 1. The van der Waals surface area contributed by atoms with Crippen molar-refractivity contribution in [1.29, 1.82) is 0 Å². The molecule has 32 heavy (non-hydrogen) atoms. The SMILES string of the molecule is Cc1ccc(Cn2nc(C)c3cc(C(=O)Nc4ccc(N5CCOCC5)cc4)sc32)cc1. The monoisotopic (exact) mass is 446 g/mol. The van der Waals surface area contributed by atoms with Gasteiger partial charge in [-0.3, -0.25) is 9.48 Å². The molecule has 4 aromatic rings. The molecule has 5 rings (SSSR count). The highest BCUT2D eigenvalue weighted by atomic mass is 32.1. The Morgan fingerprint density at radius 3 is 2.50 bits per heavy atom. The fraction of sp³-hybridized carbons (Fsp3) is 0.280. The summed E-state index contributed by atoms with van der Waals surface area (Å²) in [5.74, 6) is -0.0911. The Kier molecular flexibility index (Phi) is 5.68. The Morgan fingerprint density at radius 1 is 1.06 bits per heavy atom. The molecule has 7 heteroatoms. The molecule has 1 amide bonds. The summed E-state index contributed by atoms with van der Waals surface area (Å²) < 4.78 is 7.41. The summed E-state index contributed by atoms with van der Waals surface area (Å²) in [6.45, 7) is 8.07. The summed E-state index contributed by atoms with van der Waals surface area (Å²) in [7, 11) is 0. The molecule has 1 N–H and O–H groups in total. The predicted octanol–water partition coefficient (Wildman–Crippen LogP) is 4.85. The molecular weight excluding hydrogens is 420 g/mol. The van der Waals surface area contributed by atoms with Crippen LogP contribution < -0.4 is 10.2 Å². The van der Waals surface area contributed by atoms with Crippen LogP contribution >= 0.6 is 11.3 Å². The molecule has 6 nitrogen and oxygen atoms in total. The number of rotatable bonds is 5. The number of hydrogen-bond acceptors (Lipinski definition) is 5. The van der Waals surface area contributed by atoms with Gasteiger partial charge >= 0.3 is 0 Å². The van der Waals surface area contributed by atoms with E-state index in [1.807, 2.05) is 29.8 Å². The average molecular weight is 447 g/mol. The topological polar surface area (TPSA) is 59.4 Å². The largest absolute Gasteiger partial charge is 0.378 e. The first-order valence-electron chi connectivity index (χ1n) is 10.8. The van der Waals surface area contributed by atoms with Gasteiger partial charge in [-0.2, -0.15) is 5.10 Å². The van der Waals surface area contributed by atoms with E-state index in [-0.39, 0.29) is 5.91 Å². The Hall–Kier alpha value is -3.16. The molecule has 1 aliphatic rings. The molecule has 0 aliphatic carbocycles. The molecule has 2 aromatic heterocycles. The second kappa shape index (κ2) is 8.76. The Balaban J connectivity index is 1.32. The van der Waals surface area contributed by atoms with Crippen molar-refractivity contribution in [2.24, 2.45) is 0 Å². The normalized spacial score (nSPS) is 14.1. The zero-order valence-electron chi connectivity index (χ0n) is 18.3. The van der Waals surface area contributed by atoms with E-state index < -0.39 is 0 Å². The minimum atomic E-state index is -0.0911. The fourth-order valence-corrected chi connectivity index (χ4v) is 5.02. The number of fused-ring (bicyclic) bond motifs is 1. The maximum atomic E-state index is 12.9. The second-order valence-corrected chi connectivity index (χ2v) is 9.19. The summed E-state index contributed by atoms with van der Waals surface area (Å²) in [5, 5.41) is 8.76. The number of benzene rings is 2. The maximum absolute atomic E-state index is 12.9. The number of nitrogens with one attached hydrogen (secondary N) is 1. The minimum Gasteiger partial charge on any atom is -0.378 e. The number of aromatic nitrogens is 2. The van der Waals surface area contributed by atoms with Crippen LogP contribution in [-0.4, -0.2) is 42.0 Å². The Bertz CT molecular complexity index is 1240. The molecule has 0 saturated carbocycles. The average Bonchev–Trinajstić information content (AvgIpc) is 3.38. The van der Waals surface area contributed by atoms with E-state index in [9.17, 15) is 4.79 Å². The fourth-order valence-electron chi connectivity index (χ4n) is 3.97. The van der Waals surface area contributed by atoms with Crippen molar-refractivity contribution in [1.82, 2.24) is 9.78 Å². The number of thiophene rings is 1. The molecule has 0 spiro atoms. The number of nitrogens with zero attached hydrogens (tertiary/aromatic N) is 3. The van der Waals surface area contributed by atoms with Gasteiger partial charge < -0.3 is 15.0 Å². The van der Waals surface area contributed by atoms with Crippen LogP contribution in [0.1, 0.15) is 26.5 Å². The number of carbonyl (C=O) groups is 1. The molecule has 1 fully saturated rings. The van der Waals surface area contributed by atoms with E-state index in [2.05, 4.69) is 58.6 Å². The number of ether oxygens (including phenoxy) is 1. The van der Waals surface area contributed by atoms with Crippen molar-refractivity contribution in [2.75, 3.05) is 36.5 Å². The van der Waals surface area contributed by atoms with Gasteiger partial charge in [0.25, 0.3) is 5.91 Å². The predicted molar refractivity (Wildman–Crippen MR) is 130 cm³/mol. The zero-order valence-corrected chi connectivity index (χ0v) is 19.1. The minimum absolute atomic E-state index is 0.0911. The van der Waals surface area contributed by atoms with Gasteiger partial charge in [0.05, 0.1) is 30.3 Å². The number of anilines is 2. The Morgan fingerprint density at radius 2 is 1.78 bits per heavy atom. The molecule has 1 aliphatic heterocycles. The third-order valence-electron chi connectivity index (χ3n) is 5.79. The van der Waals surface area contributed by atoms with Crippen LogP contribution in [0.4, 0.5) is 11.4 Å². The lowest BCUT2D eigenvalue weighted by Gasteiger charge is -2.28. The van der Waals surface area contributed by atoms with Crippen molar-refractivity contribution in [2.45, 2.75) is 20.4 Å². The van der Waals surface area contributed by atoms with Gasteiger partial charge in [-0.15, -0.1) is 11.3 Å². The van der Waals surface area contributed by atoms with E-state index in [1.165, 1.54) is 22.5 Å². The van der Waals surface area contributed by atoms with Crippen molar-refractivity contribution >= 4 is 38.8 Å². The van der Waals surface area contributed by atoms with E-state index in [0.717, 1.165) is 53.6 Å². The lowest BCUT2D eigenvalue weighted by molar-refractivity contribution is 0.103. The number of aryl methyl sites for hydroxylation is 2. The molecule has 0 unspecified atom stereocenters. The highest BCUT2D eigenvalue weighted by Gasteiger charge is 2.17. The summed E-state index contributed by atoms with van der Waals surface area (Å²) in [5.41, 5.74) is 5.32. The highest BCUT2D eigenvalue weighted by Crippen LogP contribution is 2.30. The highest BCUT2D eigenvalue weighted by molar-refractivity contribution is 7.20. The lowest BCUT2D eigenvalue weighted by Crippen LogP contribution is -2.36. The molecule has 3 heterocycles. The number of amides is 1. The van der Waals surface area contributed by atoms with Crippen LogP contribution in [0, 0.1) is 13.8 Å². The molecule has 0 atom stereocenters. The maximum Gasteiger partial charge on any atom is 0.265 e. The van der Waals surface area contributed by atoms with Crippen LogP contribution in [0.15, 0.2) is 54.6 Å². The van der Waals surface area contributed by atoms with Gasteiger partial charge in [0, 0.05) is 29.9 Å². The van der Waals surface area contributed by atoms with Crippen LogP contribution in [-0.2, 0) is 11.3 Å². The van der Waals surface area contributed by atoms with Crippen molar-refractivity contribution in [3.8, 4) is 0 Å². The van der Waals surface area contributed by atoms with Gasteiger partial charge in [0.15, 0.2) is 0 Å². The molecule has 1 saturated heterocycles. The van der Waals surface area contributed by atoms with Crippen LogP contribution in [0.5, 0.6) is 0 Å². The van der Waals surface area contributed by atoms with Gasteiger partial charge in [-0.25, -0.2) is 0 Å². The van der Waals surface area contributed by atoms with E-state index in [1.54, 1.807) is 0 Å². The quantitative estimate of drug-likeness (QED) is 0.476. The van der Waals surface area contributed by atoms with E-state index in [4.69, 9.17) is 4.74 Å². The zero-order chi connectivity index (χ0) is 22.1. The first-order chi connectivity index (χ1) is 15.6. The molecular formula is C25H26N4O2S. The van der Waals surface area contributed by atoms with Gasteiger partial charge in [-0.05, 0) is 49.7 Å². The van der Waals surface area contributed by atoms with E-state index >= 15 is 0 Å². The standard InChI is InChI=1S/C25H26N4O2S/c1-17-3-5-19(6-4-17)16-29-25-22(18(2)27-29)15-23(32-25)24(30)26-20-7-9-21(10-8-20)28-11-13-31-14-12-28/h3-10,15H,11-14,16H2,1-2H3,(H,26,30). The van der Waals surface area contributed by atoms with Gasteiger partial charge in [0.2, 0.25) is 0 Å². The third-order valence-corrected chi connectivity index (χ3v) is 6.93. The molecule has 0 radical (unpaired) electrons. The number of morpholine rings is 1. The third kappa shape index (κ3) is 4.26. The lowest BCUT2D eigenvalue weighted by atomic mass is 10.1. The summed E-state index contributed by atoms with van der Waals surface area (Å²) in [6.07, 6.45) is 0. The van der Waals surface area contributed by atoms with Crippen molar-refractivity contribution in [3.63, 3.8) is 0 Å². The number of hydrogen-bond donors (Lipinski definition) is 1. The Labute approximate surface area is 191 Å². The van der Waals surface area contributed by atoms with Crippen molar-refractivity contribution in [3.05, 3.63) is 76.3 Å². The summed E-state index contributed by atoms with van der Waals surface area (Å²) >= 11 is 1.49. The van der Waals surface area contributed by atoms with Gasteiger partial charge in [0.1, 0.15) is 4.83 Å². The van der Waals surface area contributed by atoms with E-state index in [0.29, 0.717) is 11.4 Å². The summed E-state index contributed by atoms with van der Waals surface area (Å²) in [6, 6.07) is 18.4. The smallest absolute Gasteiger partial charge is 0.265 e. The van der Waals surface area contributed by atoms with Crippen molar-refractivity contribution < 1.29 is 9.53 Å². The molecule has 164 valence electrons. The second-order valence-electron chi connectivity index (χ2n) is 8.16. The first-order valence-corrected chi connectivity index (χ1v) is 11.6. The van der Waals surface area contributed by atoms with Crippen LogP contribution in [0.25, 0.3) is 10.2 Å². The first kappa shape index (κ1) is 20.7. The molecule has 2 aromatic carbocycles. The summed E-state index contributed by atoms with van der Waals surface area (Å²) in [4.78, 5) is 16.9. The molecule has 0 bridgehead atoms. The van der Waals surface area contributed by atoms with Crippen LogP contribution in [0.3, 0.4) is 0 Å².